The molecule has 1 unspecified atom stereocenters. The molecule has 0 saturated carbocycles. The number of anilines is 1. The topological polar surface area (TPSA) is 96.7 Å². The lowest BCUT2D eigenvalue weighted by molar-refractivity contribution is -0.148. The minimum Gasteiger partial charge on any atom is -0.462 e. The molecule has 108 valence electrons. The molecule has 0 bridgehead atoms. The second-order valence-corrected chi connectivity index (χ2v) is 4.27. The molecule has 0 aliphatic heterocycles. The molecule has 0 amide bonds. The van der Waals surface area contributed by atoms with Crippen LogP contribution >= 0.6 is 0 Å². The maximum atomic E-state index is 11.9. The molecule has 2 N–H and O–H groups in total. The van der Waals surface area contributed by atoms with E-state index in [-0.39, 0.29) is 6.61 Å². The fourth-order valence-electron chi connectivity index (χ4n) is 1.92. The zero-order valence-corrected chi connectivity index (χ0v) is 11.3. The van der Waals surface area contributed by atoms with E-state index in [1.807, 2.05) is 0 Å². The number of oxazole rings is 1. The molecule has 2 rings (SSSR count). The van der Waals surface area contributed by atoms with Crippen LogP contribution in [0.15, 0.2) is 27.4 Å². The molecule has 0 aliphatic rings. The number of carbonyl (C=O) groups excluding carboxylic acids is 1. The highest BCUT2D eigenvalue weighted by Gasteiger charge is 2.23. The number of methoxy groups -OCH3 is 1. The first-order valence-corrected chi connectivity index (χ1v) is 6.11. The van der Waals surface area contributed by atoms with Gasteiger partial charge in [0.15, 0.2) is 5.58 Å². The van der Waals surface area contributed by atoms with E-state index in [4.69, 9.17) is 19.6 Å². The first-order valence-electron chi connectivity index (χ1n) is 6.11. The molecule has 1 aromatic carbocycles. The quantitative estimate of drug-likeness (QED) is 0.497. The van der Waals surface area contributed by atoms with Crippen LogP contribution in [-0.2, 0) is 14.3 Å². The maximum absolute atomic E-state index is 11.9. The number of para-hydroxylation sites is 1. The number of carbonyl (C=O) groups is 1. The molecular weight excluding hydrogens is 264 g/mol. The van der Waals surface area contributed by atoms with Crippen LogP contribution in [-0.4, -0.2) is 30.9 Å². The van der Waals surface area contributed by atoms with Gasteiger partial charge in [-0.2, -0.15) is 0 Å². The molecule has 1 heterocycles. The Kier molecular flexibility index (Phi) is 4.09. The summed E-state index contributed by atoms with van der Waals surface area (Å²) >= 11 is 0. The molecule has 0 aliphatic carbocycles. The number of fused-ring (bicyclic) bond motifs is 1. The van der Waals surface area contributed by atoms with Crippen LogP contribution in [0, 0.1) is 0 Å². The van der Waals surface area contributed by atoms with E-state index in [9.17, 15) is 9.59 Å². The third-order valence-electron chi connectivity index (χ3n) is 2.93. The Balaban J connectivity index is 2.35. The number of hydrogen-bond acceptors (Lipinski definition) is 6. The summed E-state index contributed by atoms with van der Waals surface area (Å²) in [6, 6.07) is 4.10. The van der Waals surface area contributed by atoms with E-state index in [2.05, 4.69) is 0 Å². The molecule has 0 radical (unpaired) electrons. The maximum Gasteiger partial charge on any atom is 0.420 e. The van der Waals surface area contributed by atoms with Crippen molar-refractivity contribution < 1.29 is 18.7 Å². The predicted molar refractivity (Wildman–Crippen MR) is 72.4 cm³/mol. The summed E-state index contributed by atoms with van der Waals surface area (Å²) in [7, 11) is 1.51. The second-order valence-electron chi connectivity index (χ2n) is 4.27. The normalized spacial score (nSPS) is 12.5. The highest BCUT2D eigenvalue weighted by atomic mass is 16.6. The average Bonchev–Trinajstić information content (AvgIpc) is 2.75. The zero-order chi connectivity index (χ0) is 14.7. The number of benzene rings is 1. The van der Waals surface area contributed by atoms with Crippen LogP contribution in [0.2, 0.25) is 0 Å². The van der Waals surface area contributed by atoms with E-state index < -0.39 is 17.8 Å². The zero-order valence-electron chi connectivity index (χ0n) is 11.3. The van der Waals surface area contributed by atoms with Crippen LogP contribution < -0.4 is 11.5 Å². The number of ether oxygens (including phenoxy) is 2. The van der Waals surface area contributed by atoms with Gasteiger partial charge in [-0.3, -0.25) is 4.57 Å². The lowest BCUT2D eigenvalue weighted by Gasteiger charge is -2.12. The highest BCUT2D eigenvalue weighted by molar-refractivity contribution is 5.87. The van der Waals surface area contributed by atoms with Crippen molar-refractivity contribution in [2.24, 2.45) is 0 Å². The van der Waals surface area contributed by atoms with Crippen LogP contribution in [0.5, 0.6) is 0 Å². The van der Waals surface area contributed by atoms with Gasteiger partial charge in [0.2, 0.25) is 0 Å². The third kappa shape index (κ3) is 2.53. The van der Waals surface area contributed by atoms with Gasteiger partial charge in [-0.05, 0) is 19.1 Å². The van der Waals surface area contributed by atoms with Crippen molar-refractivity contribution in [3.05, 3.63) is 28.7 Å². The summed E-state index contributed by atoms with van der Waals surface area (Å²) in [4.78, 5) is 23.8. The van der Waals surface area contributed by atoms with Gasteiger partial charge in [-0.15, -0.1) is 0 Å². The van der Waals surface area contributed by atoms with Crippen LogP contribution in [0.1, 0.15) is 13.0 Å². The third-order valence-corrected chi connectivity index (χ3v) is 2.93. The summed E-state index contributed by atoms with van der Waals surface area (Å²) in [5.41, 5.74) is 6.94. The summed E-state index contributed by atoms with van der Waals surface area (Å²) in [5.74, 6) is -1.19. The first-order chi connectivity index (χ1) is 9.56. The number of esters is 1. The fraction of sp³-hybridized carbons (Fsp3) is 0.385. The molecule has 0 fully saturated rings. The van der Waals surface area contributed by atoms with Gasteiger partial charge < -0.3 is 19.6 Å². The van der Waals surface area contributed by atoms with Crippen molar-refractivity contribution in [3.63, 3.8) is 0 Å². The number of nitrogens with two attached hydrogens (primary N) is 1. The lowest BCUT2D eigenvalue weighted by atomic mass is 10.2. The monoisotopic (exact) mass is 280 g/mol. The number of nitrogen functional groups attached to an aromatic ring is 1. The van der Waals surface area contributed by atoms with Crippen molar-refractivity contribution in [3.8, 4) is 0 Å². The summed E-state index contributed by atoms with van der Waals surface area (Å²) in [6.07, 6.45) is 0. The SMILES string of the molecule is COCCOC(=O)C(C)n1c(=O)oc2cccc(N)c21. The summed E-state index contributed by atoms with van der Waals surface area (Å²) < 4.78 is 16.1. The smallest absolute Gasteiger partial charge is 0.420 e. The minimum atomic E-state index is -0.828. The van der Waals surface area contributed by atoms with Crippen LogP contribution in [0.25, 0.3) is 11.1 Å². The van der Waals surface area contributed by atoms with Crippen molar-refractivity contribution >= 4 is 22.8 Å². The Hall–Kier alpha value is -2.28. The highest BCUT2D eigenvalue weighted by Crippen LogP contribution is 2.23. The molecule has 1 aromatic heterocycles. The number of rotatable bonds is 5. The van der Waals surface area contributed by atoms with Crippen molar-refractivity contribution in [2.45, 2.75) is 13.0 Å². The fourth-order valence-corrected chi connectivity index (χ4v) is 1.92. The standard InChI is InChI=1S/C13H16N2O5/c1-8(12(16)19-7-6-18-2)15-11-9(14)4-3-5-10(11)20-13(15)17/h3-5,8H,6-7,14H2,1-2H3. The molecule has 2 aromatic rings. The molecule has 20 heavy (non-hydrogen) atoms. The van der Waals surface area contributed by atoms with Crippen molar-refractivity contribution in [1.29, 1.82) is 0 Å². The van der Waals surface area contributed by atoms with Gasteiger partial charge >= 0.3 is 11.7 Å². The van der Waals surface area contributed by atoms with Gasteiger partial charge in [-0.25, -0.2) is 9.59 Å². The minimum absolute atomic E-state index is 0.125. The predicted octanol–water partition coefficient (Wildman–Crippen LogP) is 0.927. The van der Waals surface area contributed by atoms with Gasteiger partial charge in [0, 0.05) is 7.11 Å². The lowest BCUT2D eigenvalue weighted by Crippen LogP contribution is -2.27. The van der Waals surface area contributed by atoms with E-state index >= 15 is 0 Å². The second kappa shape index (κ2) is 5.79. The molecule has 0 spiro atoms. The van der Waals surface area contributed by atoms with Gasteiger partial charge in [0.25, 0.3) is 0 Å². The van der Waals surface area contributed by atoms with Gasteiger partial charge in [-0.1, -0.05) is 6.07 Å². The Morgan fingerprint density at radius 1 is 1.45 bits per heavy atom. The molecule has 7 heteroatoms. The Morgan fingerprint density at radius 3 is 2.90 bits per heavy atom. The van der Waals surface area contributed by atoms with Gasteiger partial charge in [0.1, 0.15) is 18.2 Å². The first kappa shape index (κ1) is 14.1. The molecule has 0 saturated heterocycles. The Bertz CT molecular complexity index is 673. The van der Waals surface area contributed by atoms with E-state index in [0.29, 0.717) is 23.4 Å². The number of nitrogens with zero attached hydrogens (tertiary/aromatic N) is 1. The summed E-state index contributed by atoms with van der Waals surface area (Å²) in [6.45, 7) is 1.97. The summed E-state index contributed by atoms with van der Waals surface area (Å²) in [5, 5.41) is 0. The Labute approximate surface area is 114 Å². The van der Waals surface area contributed by atoms with E-state index in [1.165, 1.54) is 11.7 Å². The number of hydrogen-bond donors (Lipinski definition) is 1. The average molecular weight is 280 g/mol. The van der Waals surface area contributed by atoms with E-state index in [0.717, 1.165) is 0 Å². The molecule has 1 atom stereocenters. The van der Waals surface area contributed by atoms with Crippen LogP contribution in [0.3, 0.4) is 0 Å². The Morgan fingerprint density at radius 2 is 2.20 bits per heavy atom. The van der Waals surface area contributed by atoms with Crippen LogP contribution in [0.4, 0.5) is 5.69 Å². The number of aromatic nitrogens is 1. The van der Waals surface area contributed by atoms with Gasteiger partial charge in [0.05, 0.1) is 12.3 Å². The molecular formula is C13H16N2O5. The van der Waals surface area contributed by atoms with Crippen molar-refractivity contribution in [2.75, 3.05) is 26.1 Å². The van der Waals surface area contributed by atoms with Crippen molar-refractivity contribution in [1.82, 2.24) is 4.57 Å². The largest absolute Gasteiger partial charge is 0.462 e. The van der Waals surface area contributed by atoms with E-state index in [1.54, 1.807) is 25.1 Å². The molecule has 7 nitrogen and oxygen atoms in total.